The molecule has 5 nitrogen and oxygen atoms in total. The topological polar surface area (TPSA) is 62.3 Å². The number of carbonyl (C=O) groups is 2. The molecule has 7 heteroatoms. The quantitative estimate of drug-likeness (QED) is 0.905. The van der Waals surface area contributed by atoms with E-state index in [1.165, 1.54) is 23.5 Å². The molecule has 0 unspecified atom stereocenters. The van der Waals surface area contributed by atoms with E-state index in [1.54, 1.807) is 17.2 Å². The third kappa shape index (κ3) is 4.38. The first-order valence-corrected chi connectivity index (χ1v) is 8.68. The minimum absolute atomic E-state index is 0.0299. The molecule has 1 aromatic carbocycles. The van der Waals surface area contributed by atoms with Crippen LogP contribution in [0.1, 0.15) is 29.7 Å². The monoisotopic (exact) mass is 347 g/mol. The van der Waals surface area contributed by atoms with Crippen LogP contribution in [0, 0.1) is 5.82 Å². The van der Waals surface area contributed by atoms with Crippen LogP contribution in [0.4, 0.5) is 9.52 Å². The van der Waals surface area contributed by atoms with Gasteiger partial charge in [-0.3, -0.25) is 9.59 Å². The van der Waals surface area contributed by atoms with Crippen LogP contribution in [0.5, 0.6) is 0 Å². The van der Waals surface area contributed by atoms with E-state index in [9.17, 15) is 14.0 Å². The first-order valence-electron chi connectivity index (χ1n) is 7.87. The standard InChI is InChI=1S/C17H18FN3O2S/c18-13-5-3-4-12(8-13)9-14-10-19-17(24-14)20-15(22)11-21-7-2-1-6-16(21)23/h3-5,8,10H,1-2,6-7,9,11H2,(H,19,20,22). The number of rotatable bonds is 5. The lowest BCUT2D eigenvalue weighted by Crippen LogP contribution is -2.40. The van der Waals surface area contributed by atoms with Gasteiger partial charge in [0, 0.05) is 30.5 Å². The van der Waals surface area contributed by atoms with E-state index < -0.39 is 0 Å². The number of nitrogens with zero attached hydrogens (tertiary/aromatic N) is 2. The summed E-state index contributed by atoms with van der Waals surface area (Å²) in [7, 11) is 0. The van der Waals surface area contributed by atoms with Crippen molar-refractivity contribution in [2.75, 3.05) is 18.4 Å². The average Bonchev–Trinajstić information content (AvgIpc) is 2.96. The van der Waals surface area contributed by atoms with Crippen LogP contribution in [0.3, 0.4) is 0 Å². The van der Waals surface area contributed by atoms with Gasteiger partial charge in [-0.25, -0.2) is 9.37 Å². The predicted octanol–water partition coefficient (Wildman–Crippen LogP) is 2.82. The maximum Gasteiger partial charge on any atom is 0.245 e. The van der Waals surface area contributed by atoms with E-state index in [0.29, 0.717) is 24.5 Å². The number of anilines is 1. The molecule has 1 aliphatic heterocycles. The summed E-state index contributed by atoms with van der Waals surface area (Å²) < 4.78 is 13.2. The van der Waals surface area contributed by atoms with Gasteiger partial charge in [-0.2, -0.15) is 0 Å². The summed E-state index contributed by atoms with van der Waals surface area (Å²) in [6, 6.07) is 6.41. The fraction of sp³-hybridized carbons (Fsp3) is 0.353. The molecular weight excluding hydrogens is 329 g/mol. The van der Waals surface area contributed by atoms with Crippen LogP contribution in [0.25, 0.3) is 0 Å². The minimum Gasteiger partial charge on any atom is -0.333 e. The number of aromatic nitrogens is 1. The van der Waals surface area contributed by atoms with Gasteiger partial charge in [0.15, 0.2) is 5.13 Å². The molecule has 2 heterocycles. The van der Waals surface area contributed by atoms with Crippen molar-refractivity contribution in [3.05, 3.63) is 46.7 Å². The lowest BCUT2D eigenvalue weighted by atomic mass is 10.1. The maximum absolute atomic E-state index is 13.2. The van der Waals surface area contributed by atoms with Crippen molar-refractivity contribution < 1.29 is 14.0 Å². The van der Waals surface area contributed by atoms with Crippen LogP contribution in [0.2, 0.25) is 0 Å². The zero-order chi connectivity index (χ0) is 16.9. The number of hydrogen-bond acceptors (Lipinski definition) is 4. The van der Waals surface area contributed by atoms with Crippen LogP contribution in [-0.4, -0.2) is 34.8 Å². The third-order valence-corrected chi connectivity index (χ3v) is 4.74. The lowest BCUT2D eigenvalue weighted by Gasteiger charge is -2.25. The van der Waals surface area contributed by atoms with Gasteiger partial charge in [-0.15, -0.1) is 11.3 Å². The van der Waals surface area contributed by atoms with Gasteiger partial charge in [-0.1, -0.05) is 12.1 Å². The summed E-state index contributed by atoms with van der Waals surface area (Å²) >= 11 is 1.36. The SMILES string of the molecule is O=C(CN1CCCCC1=O)Nc1ncc(Cc2cccc(F)c2)s1. The number of benzene rings is 1. The summed E-state index contributed by atoms with van der Waals surface area (Å²) in [6.07, 6.45) is 4.59. The van der Waals surface area contributed by atoms with Crippen LogP contribution < -0.4 is 5.32 Å². The predicted molar refractivity (Wildman–Crippen MR) is 90.4 cm³/mol. The highest BCUT2D eigenvalue weighted by molar-refractivity contribution is 7.15. The molecule has 1 N–H and O–H groups in total. The highest BCUT2D eigenvalue weighted by Gasteiger charge is 2.20. The molecule has 1 aliphatic rings. The summed E-state index contributed by atoms with van der Waals surface area (Å²) in [5, 5.41) is 3.22. The molecule has 0 atom stereocenters. The molecular formula is C17H18FN3O2S. The van der Waals surface area contributed by atoms with Crippen molar-refractivity contribution >= 4 is 28.3 Å². The molecule has 2 aromatic rings. The first kappa shape index (κ1) is 16.6. The number of carbonyl (C=O) groups excluding carboxylic acids is 2. The van der Waals surface area contributed by atoms with Gasteiger partial charge < -0.3 is 10.2 Å². The number of amides is 2. The van der Waals surface area contributed by atoms with Gasteiger partial charge in [0.1, 0.15) is 5.82 Å². The number of nitrogens with one attached hydrogen (secondary N) is 1. The summed E-state index contributed by atoms with van der Waals surface area (Å²) in [4.78, 5) is 30.5. The Balaban J connectivity index is 1.55. The average molecular weight is 347 g/mol. The molecule has 0 saturated carbocycles. The highest BCUT2D eigenvalue weighted by Crippen LogP contribution is 2.21. The Kier molecular flexibility index (Phi) is 5.20. The molecule has 0 bridgehead atoms. The van der Waals surface area contributed by atoms with Gasteiger partial charge in [0.25, 0.3) is 0 Å². The van der Waals surface area contributed by atoms with Crippen molar-refractivity contribution in [2.45, 2.75) is 25.7 Å². The minimum atomic E-state index is -0.267. The van der Waals surface area contributed by atoms with Crippen LogP contribution >= 0.6 is 11.3 Å². The van der Waals surface area contributed by atoms with Gasteiger partial charge >= 0.3 is 0 Å². The molecule has 0 spiro atoms. The third-order valence-electron chi connectivity index (χ3n) is 3.82. The summed E-state index contributed by atoms with van der Waals surface area (Å²) in [5.41, 5.74) is 0.857. The van der Waals surface area contributed by atoms with Crippen LogP contribution in [0.15, 0.2) is 30.5 Å². The number of thiazole rings is 1. The number of piperidine rings is 1. The summed E-state index contributed by atoms with van der Waals surface area (Å²) in [6.45, 7) is 0.701. The Bertz CT molecular complexity index is 747. The van der Waals surface area contributed by atoms with E-state index in [1.807, 2.05) is 6.07 Å². The molecule has 2 amide bonds. The molecule has 0 radical (unpaired) electrons. The van der Waals surface area contributed by atoms with Crippen molar-refractivity contribution in [3.8, 4) is 0 Å². The molecule has 3 rings (SSSR count). The molecule has 126 valence electrons. The second-order valence-corrected chi connectivity index (χ2v) is 6.87. The zero-order valence-corrected chi connectivity index (χ0v) is 13.9. The second kappa shape index (κ2) is 7.53. The second-order valence-electron chi connectivity index (χ2n) is 5.76. The molecule has 1 saturated heterocycles. The Morgan fingerprint density at radius 2 is 2.25 bits per heavy atom. The Morgan fingerprint density at radius 1 is 1.38 bits per heavy atom. The molecule has 0 aliphatic carbocycles. The first-order chi connectivity index (χ1) is 11.6. The number of hydrogen-bond donors (Lipinski definition) is 1. The van der Waals surface area contributed by atoms with Crippen molar-refractivity contribution in [2.24, 2.45) is 0 Å². The smallest absolute Gasteiger partial charge is 0.245 e. The van der Waals surface area contributed by atoms with Crippen molar-refractivity contribution in [1.82, 2.24) is 9.88 Å². The zero-order valence-electron chi connectivity index (χ0n) is 13.1. The Morgan fingerprint density at radius 3 is 3.04 bits per heavy atom. The van der Waals surface area contributed by atoms with Crippen LogP contribution in [-0.2, 0) is 16.0 Å². The van der Waals surface area contributed by atoms with Gasteiger partial charge in [0.05, 0.1) is 6.54 Å². The number of likely N-dealkylation sites (tertiary alicyclic amines) is 1. The Hall–Kier alpha value is -2.28. The Labute approximate surface area is 143 Å². The summed E-state index contributed by atoms with van der Waals surface area (Å²) in [5.74, 6) is -0.476. The van der Waals surface area contributed by atoms with Crippen molar-refractivity contribution in [3.63, 3.8) is 0 Å². The van der Waals surface area contributed by atoms with E-state index in [2.05, 4.69) is 10.3 Å². The van der Waals surface area contributed by atoms with Gasteiger partial charge in [-0.05, 0) is 30.5 Å². The number of halogens is 1. The normalized spacial score (nSPS) is 14.7. The maximum atomic E-state index is 13.2. The fourth-order valence-electron chi connectivity index (χ4n) is 2.66. The lowest BCUT2D eigenvalue weighted by molar-refractivity contribution is -0.136. The van der Waals surface area contributed by atoms with E-state index >= 15 is 0 Å². The van der Waals surface area contributed by atoms with E-state index in [-0.39, 0.29) is 24.2 Å². The fourth-order valence-corrected chi connectivity index (χ4v) is 3.52. The molecule has 1 fully saturated rings. The van der Waals surface area contributed by atoms with E-state index in [4.69, 9.17) is 0 Å². The molecule has 24 heavy (non-hydrogen) atoms. The van der Waals surface area contributed by atoms with Crippen molar-refractivity contribution in [1.29, 1.82) is 0 Å². The molecule has 1 aromatic heterocycles. The highest BCUT2D eigenvalue weighted by atomic mass is 32.1. The van der Waals surface area contributed by atoms with E-state index in [0.717, 1.165) is 23.3 Å². The van der Waals surface area contributed by atoms with Gasteiger partial charge in [0.2, 0.25) is 11.8 Å². The largest absolute Gasteiger partial charge is 0.333 e.